The van der Waals surface area contributed by atoms with Crippen molar-refractivity contribution in [2.45, 2.75) is 0 Å². The van der Waals surface area contributed by atoms with Crippen LogP contribution in [0.2, 0.25) is 5.02 Å². The first-order chi connectivity index (χ1) is 14.2. The number of anilines is 1. The maximum absolute atomic E-state index is 12.9. The highest BCUT2D eigenvalue weighted by Gasteiger charge is 2.25. The number of thiazole rings is 2. The van der Waals surface area contributed by atoms with Gasteiger partial charge in [0.15, 0.2) is 5.13 Å². The molecule has 0 aliphatic carbocycles. The Labute approximate surface area is 180 Å². The molecule has 1 saturated heterocycles. The Balaban J connectivity index is 1.27. The van der Waals surface area contributed by atoms with Gasteiger partial charge in [0.25, 0.3) is 5.91 Å². The van der Waals surface area contributed by atoms with Crippen LogP contribution < -0.4 is 4.90 Å². The molecule has 0 N–H and O–H groups in total. The molecular weight excluding hydrogens is 426 g/mol. The number of halogens is 1. The lowest BCUT2D eigenvalue weighted by Crippen LogP contribution is -2.48. The van der Waals surface area contributed by atoms with Gasteiger partial charge in [-0.15, -0.1) is 11.3 Å². The first kappa shape index (κ1) is 18.5. The molecule has 9 heteroatoms. The number of aromatic nitrogens is 3. The van der Waals surface area contributed by atoms with Gasteiger partial charge < -0.3 is 9.80 Å². The van der Waals surface area contributed by atoms with Crippen molar-refractivity contribution < 1.29 is 4.79 Å². The zero-order valence-electron chi connectivity index (χ0n) is 15.3. The molecule has 4 aromatic rings. The summed E-state index contributed by atoms with van der Waals surface area (Å²) in [5.74, 6) is 0.0198. The third-order valence-corrected chi connectivity index (χ3v) is 7.20. The van der Waals surface area contributed by atoms with Crippen molar-refractivity contribution in [3.8, 4) is 10.6 Å². The summed E-state index contributed by atoms with van der Waals surface area (Å²) in [6.45, 7) is 2.81. The molecule has 0 unspecified atom stereocenters. The summed E-state index contributed by atoms with van der Waals surface area (Å²) in [5.41, 5.74) is 1.77. The number of hydrogen-bond donors (Lipinski definition) is 0. The summed E-state index contributed by atoms with van der Waals surface area (Å²) >= 11 is 9.23. The van der Waals surface area contributed by atoms with Crippen LogP contribution in [0.15, 0.2) is 48.8 Å². The number of rotatable bonds is 3. The zero-order chi connectivity index (χ0) is 19.8. The molecule has 1 aliphatic heterocycles. The summed E-state index contributed by atoms with van der Waals surface area (Å²) in [4.78, 5) is 32.1. The quantitative estimate of drug-likeness (QED) is 0.470. The predicted molar refractivity (Wildman–Crippen MR) is 118 cm³/mol. The lowest BCUT2D eigenvalue weighted by Gasteiger charge is -2.34. The Kier molecular flexibility index (Phi) is 4.91. The molecule has 1 fully saturated rings. The Bertz CT molecular complexity index is 1150. The molecule has 1 aliphatic rings. The highest BCUT2D eigenvalue weighted by molar-refractivity contribution is 7.21. The van der Waals surface area contributed by atoms with Crippen LogP contribution in [0, 0.1) is 0 Å². The average molecular weight is 442 g/mol. The SMILES string of the molecule is O=C(c1cnc(-c2ccccc2Cl)s1)N1CCN(c2nc3cccnc3s2)CC1. The molecule has 1 aromatic carbocycles. The summed E-state index contributed by atoms with van der Waals surface area (Å²) < 4.78 is 0. The topological polar surface area (TPSA) is 62.2 Å². The van der Waals surface area contributed by atoms with Gasteiger partial charge in [-0.05, 0) is 18.2 Å². The number of fused-ring (bicyclic) bond motifs is 1. The van der Waals surface area contributed by atoms with Crippen molar-refractivity contribution in [1.82, 2.24) is 19.9 Å². The van der Waals surface area contributed by atoms with Crippen LogP contribution in [-0.4, -0.2) is 51.9 Å². The van der Waals surface area contributed by atoms with E-state index in [9.17, 15) is 4.79 Å². The maximum Gasteiger partial charge on any atom is 0.265 e. The minimum atomic E-state index is 0.0198. The van der Waals surface area contributed by atoms with E-state index in [0.717, 1.165) is 39.1 Å². The number of pyridine rings is 1. The standard InChI is InChI=1S/C20H16ClN5OS2/c21-14-5-2-1-4-13(14)17-23-12-16(28-17)19(27)25-8-10-26(11-9-25)20-24-15-6-3-7-22-18(15)29-20/h1-7,12H,8-11H2. The fourth-order valence-electron chi connectivity index (χ4n) is 3.28. The number of carbonyl (C=O) groups is 1. The third kappa shape index (κ3) is 3.59. The van der Waals surface area contributed by atoms with Crippen LogP contribution >= 0.6 is 34.3 Å². The van der Waals surface area contributed by atoms with E-state index >= 15 is 0 Å². The van der Waals surface area contributed by atoms with E-state index in [4.69, 9.17) is 11.6 Å². The van der Waals surface area contributed by atoms with Crippen LogP contribution in [0.3, 0.4) is 0 Å². The summed E-state index contributed by atoms with van der Waals surface area (Å²) in [6.07, 6.45) is 3.43. The first-order valence-corrected chi connectivity index (χ1v) is 11.2. The number of nitrogens with zero attached hydrogens (tertiary/aromatic N) is 5. The van der Waals surface area contributed by atoms with E-state index in [1.54, 1.807) is 23.7 Å². The molecule has 4 heterocycles. The number of benzene rings is 1. The molecule has 6 nitrogen and oxygen atoms in total. The molecule has 0 bridgehead atoms. The normalized spacial score (nSPS) is 14.5. The molecule has 3 aromatic heterocycles. The molecule has 0 atom stereocenters. The fraction of sp³-hybridized carbons (Fsp3) is 0.200. The lowest BCUT2D eigenvalue weighted by atomic mass is 10.2. The second-order valence-corrected chi connectivity index (χ2v) is 9.01. The minimum absolute atomic E-state index is 0.0198. The van der Waals surface area contributed by atoms with Gasteiger partial charge in [-0.1, -0.05) is 41.1 Å². The fourth-order valence-corrected chi connectivity index (χ4v) is 5.45. The van der Waals surface area contributed by atoms with Gasteiger partial charge in [0.1, 0.15) is 20.2 Å². The van der Waals surface area contributed by atoms with Crippen molar-refractivity contribution in [2.75, 3.05) is 31.1 Å². The number of piperazine rings is 1. The molecule has 0 spiro atoms. The van der Waals surface area contributed by atoms with Gasteiger partial charge in [0.2, 0.25) is 0 Å². The number of hydrogen-bond acceptors (Lipinski definition) is 7. The first-order valence-electron chi connectivity index (χ1n) is 9.15. The van der Waals surface area contributed by atoms with Gasteiger partial charge in [0, 0.05) is 37.9 Å². The Morgan fingerprint density at radius 1 is 1.00 bits per heavy atom. The average Bonchev–Trinajstić information content (AvgIpc) is 3.41. The van der Waals surface area contributed by atoms with Crippen LogP contribution in [0.25, 0.3) is 20.9 Å². The van der Waals surface area contributed by atoms with Crippen LogP contribution in [0.4, 0.5) is 5.13 Å². The van der Waals surface area contributed by atoms with Crippen molar-refractivity contribution in [3.05, 3.63) is 58.7 Å². The highest BCUT2D eigenvalue weighted by Crippen LogP contribution is 2.32. The van der Waals surface area contributed by atoms with Crippen LogP contribution in [-0.2, 0) is 0 Å². The zero-order valence-corrected chi connectivity index (χ0v) is 17.7. The molecule has 0 radical (unpaired) electrons. The number of carbonyl (C=O) groups excluding carboxylic acids is 1. The summed E-state index contributed by atoms with van der Waals surface area (Å²) in [5, 5.41) is 2.36. The van der Waals surface area contributed by atoms with Gasteiger partial charge in [-0.25, -0.2) is 15.0 Å². The van der Waals surface area contributed by atoms with E-state index < -0.39 is 0 Å². The van der Waals surface area contributed by atoms with Crippen molar-refractivity contribution in [3.63, 3.8) is 0 Å². The molecule has 146 valence electrons. The second kappa shape index (κ2) is 7.70. The van der Waals surface area contributed by atoms with Gasteiger partial charge in [0.05, 0.1) is 11.2 Å². The van der Waals surface area contributed by atoms with E-state index in [1.807, 2.05) is 41.3 Å². The Hall–Kier alpha value is -2.55. The summed E-state index contributed by atoms with van der Waals surface area (Å²) in [7, 11) is 0. The molecule has 0 saturated carbocycles. The predicted octanol–water partition coefficient (Wildman–Crippen LogP) is 4.43. The lowest BCUT2D eigenvalue weighted by molar-refractivity contribution is 0.0751. The van der Waals surface area contributed by atoms with E-state index in [-0.39, 0.29) is 5.91 Å². The third-order valence-electron chi connectivity index (χ3n) is 4.81. The molecular formula is C20H16ClN5OS2. The number of amides is 1. The smallest absolute Gasteiger partial charge is 0.265 e. The molecule has 29 heavy (non-hydrogen) atoms. The minimum Gasteiger partial charge on any atom is -0.344 e. The second-order valence-electron chi connectivity index (χ2n) is 6.61. The monoisotopic (exact) mass is 441 g/mol. The van der Waals surface area contributed by atoms with E-state index in [2.05, 4.69) is 19.9 Å². The van der Waals surface area contributed by atoms with Crippen molar-refractivity contribution in [2.24, 2.45) is 0 Å². The van der Waals surface area contributed by atoms with Gasteiger partial charge >= 0.3 is 0 Å². The largest absolute Gasteiger partial charge is 0.344 e. The molecule has 1 amide bonds. The van der Waals surface area contributed by atoms with Gasteiger partial charge in [-0.3, -0.25) is 4.79 Å². The molecule has 5 rings (SSSR count). The van der Waals surface area contributed by atoms with Crippen molar-refractivity contribution >= 4 is 55.7 Å². The summed E-state index contributed by atoms with van der Waals surface area (Å²) in [6, 6.07) is 11.4. The van der Waals surface area contributed by atoms with E-state index in [0.29, 0.717) is 23.0 Å². The maximum atomic E-state index is 12.9. The van der Waals surface area contributed by atoms with Crippen LogP contribution in [0.5, 0.6) is 0 Å². The van der Waals surface area contributed by atoms with Crippen LogP contribution in [0.1, 0.15) is 9.67 Å². The Morgan fingerprint density at radius 2 is 1.83 bits per heavy atom. The van der Waals surface area contributed by atoms with Gasteiger partial charge in [-0.2, -0.15) is 0 Å². The highest BCUT2D eigenvalue weighted by atomic mass is 35.5. The van der Waals surface area contributed by atoms with Crippen molar-refractivity contribution in [1.29, 1.82) is 0 Å². The van der Waals surface area contributed by atoms with E-state index in [1.165, 1.54) is 11.3 Å². The Morgan fingerprint density at radius 3 is 2.62 bits per heavy atom.